The Morgan fingerprint density at radius 3 is 2.73 bits per heavy atom. The van der Waals surface area contributed by atoms with Crippen molar-refractivity contribution >= 4 is 5.91 Å². The number of nitrogens with one attached hydrogen (secondary N) is 1. The highest BCUT2D eigenvalue weighted by molar-refractivity contribution is 5.91. The third kappa shape index (κ3) is 4.49. The maximum absolute atomic E-state index is 12.2. The Labute approximate surface area is 151 Å². The average molecular weight is 351 g/mol. The summed E-state index contributed by atoms with van der Waals surface area (Å²) in [6.45, 7) is 2.42. The number of phenolic OH excluding ortho intramolecular Hbond substituents is 1. The Morgan fingerprint density at radius 2 is 2.00 bits per heavy atom. The van der Waals surface area contributed by atoms with Gasteiger partial charge >= 0.3 is 0 Å². The van der Waals surface area contributed by atoms with Gasteiger partial charge in [-0.25, -0.2) is 4.98 Å². The van der Waals surface area contributed by atoms with Gasteiger partial charge in [-0.2, -0.15) is 0 Å². The van der Waals surface area contributed by atoms with Crippen LogP contribution in [0.1, 0.15) is 39.1 Å². The quantitative estimate of drug-likeness (QED) is 0.634. The van der Waals surface area contributed by atoms with Gasteiger partial charge in [0, 0.05) is 6.54 Å². The SMILES string of the molecule is Cc1cccc(CNC(=O)c2coc(C(N)Cc3ccc(O)cc3)n2)c1. The number of hydrogen-bond donors (Lipinski definition) is 3. The van der Waals surface area contributed by atoms with Gasteiger partial charge in [0.2, 0.25) is 5.89 Å². The molecule has 0 spiro atoms. The Balaban J connectivity index is 1.59. The number of hydrogen-bond acceptors (Lipinski definition) is 5. The van der Waals surface area contributed by atoms with Gasteiger partial charge in [0.25, 0.3) is 5.91 Å². The molecule has 6 heteroatoms. The molecule has 2 aromatic carbocycles. The van der Waals surface area contributed by atoms with E-state index in [1.807, 2.05) is 31.2 Å². The molecule has 0 fully saturated rings. The van der Waals surface area contributed by atoms with Crippen LogP contribution in [0.4, 0.5) is 0 Å². The molecule has 0 bridgehead atoms. The second kappa shape index (κ2) is 7.84. The third-order valence-electron chi connectivity index (χ3n) is 4.00. The van der Waals surface area contributed by atoms with Gasteiger partial charge in [-0.3, -0.25) is 4.79 Å². The Hall–Kier alpha value is -3.12. The van der Waals surface area contributed by atoms with Crippen LogP contribution in [0.15, 0.2) is 59.2 Å². The molecular weight excluding hydrogens is 330 g/mol. The van der Waals surface area contributed by atoms with Crippen LogP contribution in [0.5, 0.6) is 5.75 Å². The molecule has 0 aliphatic carbocycles. The second-order valence-corrected chi connectivity index (χ2v) is 6.22. The molecule has 1 atom stereocenters. The zero-order valence-corrected chi connectivity index (χ0v) is 14.5. The summed E-state index contributed by atoms with van der Waals surface area (Å²) in [4.78, 5) is 16.4. The van der Waals surface area contributed by atoms with Crippen molar-refractivity contribution in [1.82, 2.24) is 10.3 Å². The van der Waals surface area contributed by atoms with Crippen LogP contribution < -0.4 is 11.1 Å². The summed E-state index contributed by atoms with van der Waals surface area (Å²) in [5, 5.41) is 12.1. The van der Waals surface area contributed by atoms with Gasteiger partial charge in [-0.05, 0) is 36.6 Å². The lowest BCUT2D eigenvalue weighted by molar-refractivity contribution is 0.0946. The summed E-state index contributed by atoms with van der Waals surface area (Å²) in [6, 6.07) is 14.2. The van der Waals surface area contributed by atoms with Crippen molar-refractivity contribution in [3.8, 4) is 5.75 Å². The second-order valence-electron chi connectivity index (χ2n) is 6.22. The molecule has 26 heavy (non-hydrogen) atoms. The van der Waals surface area contributed by atoms with E-state index < -0.39 is 6.04 Å². The van der Waals surface area contributed by atoms with E-state index in [-0.39, 0.29) is 17.4 Å². The highest BCUT2D eigenvalue weighted by Gasteiger charge is 2.17. The van der Waals surface area contributed by atoms with Crippen molar-refractivity contribution in [3.05, 3.63) is 83.1 Å². The zero-order chi connectivity index (χ0) is 18.5. The summed E-state index contributed by atoms with van der Waals surface area (Å²) >= 11 is 0. The number of carbonyl (C=O) groups excluding carboxylic acids is 1. The molecule has 0 saturated heterocycles. The van der Waals surface area contributed by atoms with Crippen LogP contribution in [-0.4, -0.2) is 16.0 Å². The van der Waals surface area contributed by atoms with E-state index in [2.05, 4.69) is 10.3 Å². The number of benzene rings is 2. The van der Waals surface area contributed by atoms with E-state index in [9.17, 15) is 9.90 Å². The van der Waals surface area contributed by atoms with Gasteiger partial charge in [-0.15, -0.1) is 0 Å². The number of phenols is 1. The predicted molar refractivity (Wildman–Crippen MR) is 97.6 cm³/mol. The summed E-state index contributed by atoms with van der Waals surface area (Å²) in [5.41, 5.74) is 9.41. The highest BCUT2D eigenvalue weighted by atomic mass is 16.3. The van der Waals surface area contributed by atoms with Crippen LogP contribution in [0.3, 0.4) is 0 Å². The molecule has 3 aromatic rings. The molecular formula is C20H21N3O3. The molecule has 134 valence electrons. The third-order valence-corrected chi connectivity index (χ3v) is 4.00. The van der Waals surface area contributed by atoms with Crippen molar-refractivity contribution in [1.29, 1.82) is 0 Å². The van der Waals surface area contributed by atoms with E-state index in [1.165, 1.54) is 6.26 Å². The minimum atomic E-state index is -0.474. The first-order valence-electron chi connectivity index (χ1n) is 8.34. The number of aromatic nitrogens is 1. The Morgan fingerprint density at radius 1 is 1.23 bits per heavy atom. The first-order chi connectivity index (χ1) is 12.5. The molecule has 1 unspecified atom stereocenters. The molecule has 0 radical (unpaired) electrons. The highest BCUT2D eigenvalue weighted by Crippen LogP contribution is 2.18. The van der Waals surface area contributed by atoms with Gasteiger partial charge in [0.15, 0.2) is 5.69 Å². The number of carbonyl (C=O) groups is 1. The molecule has 4 N–H and O–H groups in total. The first-order valence-corrected chi connectivity index (χ1v) is 8.34. The normalized spacial score (nSPS) is 11.9. The molecule has 1 heterocycles. The van der Waals surface area contributed by atoms with Crippen LogP contribution in [0.25, 0.3) is 0 Å². The van der Waals surface area contributed by atoms with E-state index in [0.29, 0.717) is 18.9 Å². The maximum atomic E-state index is 12.2. The lowest BCUT2D eigenvalue weighted by Gasteiger charge is -2.07. The Bertz CT molecular complexity index is 887. The van der Waals surface area contributed by atoms with E-state index in [1.54, 1.807) is 24.3 Å². The number of oxazole rings is 1. The largest absolute Gasteiger partial charge is 0.508 e. The summed E-state index contributed by atoms with van der Waals surface area (Å²) in [7, 11) is 0. The monoisotopic (exact) mass is 351 g/mol. The van der Waals surface area contributed by atoms with Crippen LogP contribution in [0.2, 0.25) is 0 Å². The maximum Gasteiger partial charge on any atom is 0.273 e. The smallest absolute Gasteiger partial charge is 0.273 e. The summed E-state index contributed by atoms with van der Waals surface area (Å²) in [5.74, 6) is 0.197. The average Bonchev–Trinajstić information content (AvgIpc) is 3.12. The van der Waals surface area contributed by atoms with Gasteiger partial charge < -0.3 is 20.6 Å². The number of amides is 1. The van der Waals surface area contributed by atoms with Crippen LogP contribution >= 0.6 is 0 Å². The summed E-state index contributed by atoms with van der Waals surface area (Å²) < 4.78 is 5.37. The molecule has 1 amide bonds. The van der Waals surface area contributed by atoms with Crippen molar-refractivity contribution < 1.29 is 14.3 Å². The molecule has 1 aromatic heterocycles. The molecule has 0 aliphatic rings. The van der Waals surface area contributed by atoms with E-state index >= 15 is 0 Å². The van der Waals surface area contributed by atoms with Gasteiger partial charge in [0.1, 0.15) is 12.0 Å². The first kappa shape index (κ1) is 17.7. The minimum absolute atomic E-state index is 0.200. The number of aryl methyl sites for hydroxylation is 1. The Kier molecular flexibility index (Phi) is 5.34. The fraction of sp³-hybridized carbons (Fsp3) is 0.200. The van der Waals surface area contributed by atoms with Crippen LogP contribution in [-0.2, 0) is 13.0 Å². The van der Waals surface area contributed by atoms with Gasteiger partial charge in [-0.1, -0.05) is 42.0 Å². The van der Waals surface area contributed by atoms with Crippen molar-refractivity contribution in [2.45, 2.75) is 25.9 Å². The standard InChI is InChI=1S/C20H21N3O3/c1-13-3-2-4-15(9-13)11-22-19(25)18-12-26-20(23-18)17(21)10-14-5-7-16(24)8-6-14/h2-9,12,17,24H,10-11,21H2,1H3,(H,22,25). The lowest BCUT2D eigenvalue weighted by Crippen LogP contribution is -2.23. The number of aromatic hydroxyl groups is 1. The van der Waals surface area contributed by atoms with Crippen molar-refractivity contribution in [2.24, 2.45) is 5.73 Å². The summed E-state index contributed by atoms with van der Waals surface area (Å²) in [6.07, 6.45) is 1.81. The topological polar surface area (TPSA) is 101 Å². The fourth-order valence-electron chi connectivity index (χ4n) is 2.63. The minimum Gasteiger partial charge on any atom is -0.508 e. The predicted octanol–water partition coefficient (Wildman–Crippen LogP) is 2.86. The fourth-order valence-corrected chi connectivity index (χ4v) is 2.63. The van der Waals surface area contributed by atoms with Crippen molar-refractivity contribution in [3.63, 3.8) is 0 Å². The van der Waals surface area contributed by atoms with Gasteiger partial charge in [0.05, 0.1) is 6.04 Å². The lowest BCUT2D eigenvalue weighted by atomic mass is 10.1. The molecule has 6 nitrogen and oxygen atoms in total. The number of nitrogens with zero attached hydrogens (tertiary/aromatic N) is 1. The van der Waals surface area contributed by atoms with E-state index in [0.717, 1.165) is 16.7 Å². The van der Waals surface area contributed by atoms with Crippen molar-refractivity contribution in [2.75, 3.05) is 0 Å². The molecule has 3 rings (SSSR count). The van der Waals surface area contributed by atoms with E-state index in [4.69, 9.17) is 10.2 Å². The molecule has 0 saturated carbocycles. The number of rotatable bonds is 6. The van der Waals surface area contributed by atoms with Crippen LogP contribution in [0, 0.1) is 6.92 Å². The number of nitrogens with two attached hydrogens (primary N) is 1. The molecule has 0 aliphatic heterocycles. The zero-order valence-electron chi connectivity index (χ0n) is 14.5.